The molecule has 2 aromatic heterocycles. The maximum atomic E-state index is 12.9. The van der Waals surface area contributed by atoms with Crippen LogP contribution in [-0.4, -0.2) is 48.6 Å². The standard InChI is InChI=1S/C20H22N6O3/c1-2-26-17(23-24-20(26)28)14-7-11-25(12-8-14)18(27)15-5-3-6-16(13-15)29-19-21-9-4-10-22-19/h3-6,9-10,13-14H,2,7-8,11-12H2,1H3,(H,24,28). The van der Waals surface area contributed by atoms with Crippen molar-refractivity contribution in [2.24, 2.45) is 0 Å². The van der Waals surface area contributed by atoms with E-state index in [0.29, 0.717) is 30.9 Å². The molecule has 1 aromatic carbocycles. The first-order chi connectivity index (χ1) is 14.2. The zero-order valence-corrected chi connectivity index (χ0v) is 16.1. The number of benzene rings is 1. The molecule has 0 radical (unpaired) electrons. The van der Waals surface area contributed by atoms with E-state index >= 15 is 0 Å². The molecule has 0 saturated carbocycles. The molecule has 1 aliphatic rings. The third kappa shape index (κ3) is 4.03. The third-order valence-corrected chi connectivity index (χ3v) is 5.08. The van der Waals surface area contributed by atoms with Crippen molar-refractivity contribution >= 4 is 5.91 Å². The second-order valence-corrected chi connectivity index (χ2v) is 6.86. The van der Waals surface area contributed by atoms with Crippen molar-refractivity contribution in [2.75, 3.05) is 13.1 Å². The summed E-state index contributed by atoms with van der Waals surface area (Å²) >= 11 is 0. The van der Waals surface area contributed by atoms with Gasteiger partial charge in [0.2, 0.25) is 0 Å². The van der Waals surface area contributed by atoms with Gasteiger partial charge in [0.15, 0.2) is 0 Å². The van der Waals surface area contributed by atoms with Crippen molar-refractivity contribution in [1.29, 1.82) is 0 Å². The zero-order chi connectivity index (χ0) is 20.2. The highest BCUT2D eigenvalue weighted by atomic mass is 16.5. The summed E-state index contributed by atoms with van der Waals surface area (Å²) in [6.07, 6.45) is 4.73. The summed E-state index contributed by atoms with van der Waals surface area (Å²) in [4.78, 5) is 34.6. The van der Waals surface area contributed by atoms with Crippen LogP contribution in [0.5, 0.6) is 11.8 Å². The Morgan fingerprint density at radius 2 is 1.97 bits per heavy atom. The van der Waals surface area contributed by atoms with Gasteiger partial charge < -0.3 is 9.64 Å². The molecule has 1 aliphatic heterocycles. The first-order valence-electron chi connectivity index (χ1n) is 9.65. The summed E-state index contributed by atoms with van der Waals surface area (Å²) in [6, 6.07) is 8.96. The molecule has 1 amide bonds. The summed E-state index contributed by atoms with van der Waals surface area (Å²) in [7, 11) is 0. The first kappa shape index (κ1) is 18.9. The molecular formula is C20H22N6O3. The number of likely N-dealkylation sites (tertiary alicyclic amines) is 1. The van der Waals surface area contributed by atoms with E-state index in [-0.39, 0.29) is 23.5 Å². The summed E-state index contributed by atoms with van der Waals surface area (Å²) < 4.78 is 7.28. The van der Waals surface area contributed by atoms with Crippen molar-refractivity contribution < 1.29 is 9.53 Å². The minimum atomic E-state index is -0.180. The fraction of sp³-hybridized carbons (Fsp3) is 0.350. The molecule has 0 unspecified atom stereocenters. The quantitative estimate of drug-likeness (QED) is 0.711. The summed E-state index contributed by atoms with van der Waals surface area (Å²) in [6.45, 7) is 3.73. The Hall–Kier alpha value is -3.49. The summed E-state index contributed by atoms with van der Waals surface area (Å²) in [5.74, 6) is 1.42. The highest BCUT2D eigenvalue weighted by Crippen LogP contribution is 2.27. The van der Waals surface area contributed by atoms with Crippen molar-refractivity contribution in [3.63, 3.8) is 0 Å². The molecule has 0 atom stereocenters. The van der Waals surface area contributed by atoms with Gasteiger partial charge in [0.1, 0.15) is 11.6 Å². The number of H-pyrrole nitrogens is 1. The van der Waals surface area contributed by atoms with Crippen LogP contribution in [0.1, 0.15) is 41.9 Å². The minimum Gasteiger partial charge on any atom is -0.424 e. The lowest BCUT2D eigenvalue weighted by atomic mass is 9.95. The Balaban J connectivity index is 1.42. The van der Waals surface area contributed by atoms with E-state index in [1.807, 2.05) is 11.8 Å². The number of piperidine rings is 1. The average Bonchev–Trinajstić information content (AvgIpc) is 3.14. The van der Waals surface area contributed by atoms with E-state index in [4.69, 9.17) is 4.74 Å². The number of amides is 1. The lowest BCUT2D eigenvalue weighted by Crippen LogP contribution is -2.38. The number of hydrogen-bond donors (Lipinski definition) is 1. The number of ether oxygens (including phenoxy) is 1. The van der Waals surface area contributed by atoms with E-state index in [0.717, 1.165) is 18.7 Å². The third-order valence-electron chi connectivity index (χ3n) is 5.08. The summed E-state index contributed by atoms with van der Waals surface area (Å²) in [5, 5.41) is 6.71. The van der Waals surface area contributed by atoms with Gasteiger partial charge in [-0.1, -0.05) is 6.07 Å². The van der Waals surface area contributed by atoms with Crippen molar-refractivity contribution in [3.05, 3.63) is 64.6 Å². The Morgan fingerprint density at radius 3 is 2.69 bits per heavy atom. The molecule has 29 heavy (non-hydrogen) atoms. The molecule has 9 nitrogen and oxygen atoms in total. The number of carbonyl (C=O) groups is 1. The zero-order valence-electron chi connectivity index (χ0n) is 16.1. The lowest BCUT2D eigenvalue weighted by Gasteiger charge is -2.31. The van der Waals surface area contributed by atoms with Gasteiger partial charge in [0, 0.05) is 43.5 Å². The fourth-order valence-electron chi connectivity index (χ4n) is 3.61. The van der Waals surface area contributed by atoms with Gasteiger partial charge in [0.25, 0.3) is 5.91 Å². The van der Waals surface area contributed by atoms with Gasteiger partial charge in [-0.25, -0.2) is 19.9 Å². The topological polar surface area (TPSA) is 106 Å². The highest BCUT2D eigenvalue weighted by molar-refractivity contribution is 5.94. The van der Waals surface area contributed by atoms with Gasteiger partial charge in [-0.05, 0) is 44.0 Å². The number of nitrogens with one attached hydrogen (secondary N) is 1. The SMILES string of the molecule is CCn1c(C2CCN(C(=O)c3cccc(Oc4ncccn4)c3)CC2)n[nH]c1=O. The summed E-state index contributed by atoms with van der Waals surface area (Å²) in [5.41, 5.74) is 0.377. The minimum absolute atomic E-state index is 0.0437. The number of nitrogens with zero attached hydrogens (tertiary/aromatic N) is 5. The molecule has 0 spiro atoms. The predicted molar refractivity (Wildman–Crippen MR) is 105 cm³/mol. The molecule has 3 aromatic rings. The fourth-order valence-corrected chi connectivity index (χ4v) is 3.61. The molecule has 0 aliphatic carbocycles. The largest absolute Gasteiger partial charge is 0.424 e. The molecule has 0 bridgehead atoms. The van der Waals surface area contributed by atoms with Gasteiger partial charge in [-0.3, -0.25) is 9.36 Å². The normalized spacial score (nSPS) is 14.7. The monoisotopic (exact) mass is 394 g/mol. The van der Waals surface area contributed by atoms with Gasteiger partial charge in [0.05, 0.1) is 0 Å². The van der Waals surface area contributed by atoms with Gasteiger partial charge in [-0.2, -0.15) is 5.10 Å². The smallest absolute Gasteiger partial charge is 0.343 e. The van der Waals surface area contributed by atoms with Crippen molar-refractivity contribution in [3.8, 4) is 11.8 Å². The molecule has 9 heteroatoms. The Morgan fingerprint density at radius 1 is 1.21 bits per heavy atom. The molecule has 150 valence electrons. The van der Waals surface area contributed by atoms with Crippen LogP contribution in [0.25, 0.3) is 0 Å². The number of rotatable bonds is 5. The molecule has 1 N–H and O–H groups in total. The van der Waals surface area contributed by atoms with Crippen molar-refractivity contribution in [1.82, 2.24) is 29.6 Å². The van der Waals surface area contributed by atoms with Gasteiger partial charge >= 0.3 is 11.7 Å². The maximum Gasteiger partial charge on any atom is 0.343 e. The van der Waals surface area contributed by atoms with E-state index in [9.17, 15) is 9.59 Å². The van der Waals surface area contributed by atoms with Crippen LogP contribution in [0, 0.1) is 0 Å². The number of aromatic amines is 1. The maximum absolute atomic E-state index is 12.9. The number of carbonyl (C=O) groups excluding carboxylic acids is 1. The lowest BCUT2D eigenvalue weighted by molar-refractivity contribution is 0.0710. The van der Waals surface area contributed by atoms with Crippen LogP contribution in [0.2, 0.25) is 0 Å². The van der Waals surface area contributed by atoms with Crippen LogP contribution < -0.4 is 10.4 Å². The Labute approximate surface area is 167 Å². The highest BCUT2D eigenvalue weighted by Gasteiger charge is 2.28. The van der Waals surface area contributed by atoms with Crippen LogP contribution in [-0.2, 0) is 6.54 Å². The van der Waals surface area contributed by atoms with Crippen LogP contribution in [0.3, 0.4) is 0 Å². The predicted octanol–water partition coefficient (Wildman–Crippen LogP) is 2.19. The van der Waals surface area contributed by atoms with Gasteiger partial charge in [-0.15, -0.1) is 0 Å². The van der Waals surface area contributed by atoms with E-state index in [1.54, 1.807) is 47.3 Å². The molecule has 3 heterocycles. The molecular weight excluding hydrogens is 372 g/mol. The van der Waals surface area contributed by atoms with E-state index in [1.165, 1.54) is 0 Å². The Kier molecular flexibility index (Phi) is 5.37. The molecule has 1 fully saturated rings. The van der Waals surface area contributed by atoms with E-state index in [2.05, 4.69) is 20.2 Å². The first-order valence-corrected chi connectivity index (χ1v) is 9.65. The molecule has 1 saturated heterocycles. The second kappa shape index (κ2) is 8.26. The average molecular weight is 394 g/mol. The van der Waals surface area contributed by atoms with Crippen molar-refractivity contribution in [2.45, 2.75) is 32.2 Å². The Bertz CT molecular complexity index is 1040. The molecule has 4 rings (SSSR count). The van der Waals surface area contributed by atoms with E-state index < -0.39 is 0 Å². The number of hydrogen-bond acceptors (Lipinski definition) is 6. The van der Waals surface area contributed by atoms with Crippen LogP contribution in [0.15, 0.2) is 47.5 Å². The van der Waals surface area contributed by atoms with Crippen LogP contribution in [0.4, 0.5) is 0 Å². The van der Waals surface area contributed by atoms with Crippen LogP contribution >= 0.6 is 0 Å². The second-order valence-electron chi connectivity index (χ2n) is 6.86. The number of aromatic nitrogens is 5.